The number of rotatable bonds is 1. The summed E-state index contributed by atoms with van der Waals surface area (Å²) in [4.78, 5) is 17.7. The first kappa shape index (κ1) is 16.3. The van der Waals surface area contributed by atoms with Crippen molar-refractivity contribution < 1.29 is 14.3 Å². The predicted molar refractivity (Wildman–Crippen MR) is 83.3 cm³/mol. The SMILES string of the molecule is CC(C)(C)OC(=O)N1CCOC(CC#Cc2ccncc2)C1. The fraction of sp³-hybridized carbons (Fsp3) is 0.529. The first-order valence-corrected chi connectivity index (χ1v) is 7.42. The molecule has 5 nitrogen and oxygen atoms in total. The van der Waals surface area contributed by atoms with Crippen LogP contribution in [0.2, 0.25) is 0 Å². The van der Waals surface area contributed by atoms with Gasteiger partial charge in [0.1, 0.15) is 5.60 Å². The highest BCUT2D eigenvalue weighted by Crippen LogP contribution is 2.14. The number of ether oxygens (including phenoxy) is 2. The number of hydrogen-bond donors (Lipinski definition) is 0. The minimum Gasteiger partial charge on any atom is -0.444 e. The van der Waals surface area contributed by atoms with E-state index < -0.39 is 5.60 Å². The molecule has 1 amide bonds. The Morgan fingerprint density at radius 1 is 1.45 bits per heavy atom. The maximum absolute atomic E-state index is 12.1. The molecule has 2 heterocycles. The number of nitrogens with zero attached hydrogens (tertiary/aromatic N) is 2. The standard InChI is InChI=1S/C17H22N2O3/c1-17(2,3)22-16(20)19-11-12-21-15(13-19)6-4-5-14-7-9-18-10-8-14/h7-10,15H,6,11-13H2,1-3H3. The average molecular weight is 302 g/mol. The van der Waals surface area contributed by atoms with Gasteiger partial charge in [0.15, 0.2) is 0 Å². The van der Waals surface area contributed by atoms with E-state index in [2.05, 4.69) is 16.8 Å². The molecule has 1 atom stereocenters. The van der Waals surface area contributed by atoms with Crippen molar-refractivity contribution in [3.8, 4) is 11.8 Å². The second-order valence-corrected chi connectivity index (χ2v) is 6.16. The summed E-state index contributed by atoms with van der Waals surface area (Å²) >= 11 is 0. The van der Waals surface area contributed by atoms with E-state index in [-0.39, 0.29) is 12.2 Å². The van der Waals surface area contributed by atoms with E-state index in [4.69, 9.17) is 9.47 Å². The Hall–Kier alpha value is -2.06. The van der Waals surface area contributed by atoms with Crippen LogP contribution in [0.5, 0.6) is 0 Å². The quantitative estimate of drug-likeness (QED) is 0.748. The van der Waals surface area contributed by atoms with Crippen molar-refractivity contribution in [3.63, 3.8) is 0 Å². The lowest BCUT2D eigenvalue weighted by Gasteiger charge is -2.33. The molecule has 0 radical (unpaired) electrons. The summed E-state index contributed by atoms with van der Waals surface area (Å²) in [5.74, 6) is 6.17. The lowest BCUT2D eigenvalue weighted by atomic mass is 10.2. The number of aromatic nitrogens is 1. The summed E-state index contributed by atoms with van der Waals surface area (Å²) in [6.07, 6.45) is 3.65. The Morgan fingerprint density at radius 2 is 2.18 bits per heavy atom. The monoisotopic (exact) mass is 302 g/mol. The summed E-state index contributed by atoms with van der Waals surface area (Å²) in [6, 6.07) is 3.73. The van der Waals surface area contributed by atoms with E-state index in [9.17, 15) is 4.79 Å². The number of pyridine rings is 1. The number of amides is 1. The Morgan fingerprint density at radius 3 is 2.86 bits per heavy atom. The van der Waals surface area contributed by atoms with Gasteiger partial charge in [0.25, 0.3) is 0 Å². The summed E-state index contributed by atoms with van der Waals surface area (Å²) in [5, 5.41) is 0. The van der Waals surface area contributed by atoms with Crippen LogP contribution < -0.4 is 0 Å². The smallest absolute Gasteiger partial charge is 0.410 e. The molecule has 118 valence electrons. The number of carbonyl (C=O) groups is 1. The van der Waals surface area contributed by atoms with Gasteiger partial charge in [-0.25, -0.2) is 4.79 Å². The molecule has 1 aliphatic rings. The zero-order valence-corrected chi connectivity index (χ0v) is 13.3. The zero-order chi connectivity index (χ0) is 16.0. The first-order valence-electron chi connectivity index (χ1n) is 7.42. The molecular weight excluding hydrogens is 280 g/mol. The van der Waals surface area contributed by atoms with Gasteiger partial charge in [0.05, 0.1) is 19.3 Å². The number of hydrogen-bond acceptors (Lipinski definition) is 4. The summed E-state index contributed by atoms with van der Waals surface area (Å²) in [6.45, 7) is 7.18. The Kier molecular flexibility index (Phi) is 5.40. The molecule has 0 bridgehead atoms. The zero-order valence-electron chi connectivity index (χ0n) is 13.3. The molecule has 0 saturated carbocycles. The van der Waals surface area contributed by atoms with Crippen molar-refractivity contribution >= 4 is 6.09 Å². The molecular formula is C17H22N2O3. The molecule has 0 aromatic carbocycles. The molecule has 22 heavy (non-hydrogen) atoms. The summed E-state index contributed by atoms with van der Waals surface area (Å²) < 4.78 is 11.0. The van der Waals surface area contributed by atoms with Gasteiger partial charge in [-0.1, -0.05) is 11.8 Å². The fourth-order valence-corrected chi connectivity index (χ4v) is 2.04. The largest absolute Gasteiger partial charge is 0.444 e. The molecule has 1 aliphatic heterocycles. The molecule has 2 rings (SSSR count). The fourth-order valence-electron chi connectivity index (χ4n) is 2.04. The minimum atomic E-state index is -0.480. The lowest BCUT2D eigenvalue weighted by molar-refractivity contribution is -0.0399. The van der Waals surface area contributed by atoms with Crippen LogP contribution >= 0.6 is 0 Å². The van der Waals surface area contributed by atoms with Crippen LogP contribution in [0.1, 0.15) is 32.8 Å². The van der Waals surface area contributed by atoms with E-state index in [0.717, 1.165) is 5.56 Å². The highest BCUT2D eigenvalue weighted by atomic mass is 16.6. The molecule has 5 heteroatoms. The maximum Gasteiger partial charge on any atom is 0.410 e. The maximum atomic E-state index is 12.1. The van der Waals surface area contributed by atoms with E-state index in [1.807, 2.05) is 32.9 Å². The molecule has 1 aromatic heterocycles. The van der Waals surface area contributed by atoms with Gasteiger partial charge in [0, 0.05) is 30.9 Å². The van der Waals surface area contributed by atoms with E-state index in [0.29, 0.717) is 26.1 Å². The highest BCUT2D eigenvalue weighted by molar-refractivity contribution is 5.68. The Bertz CT molecular complexity index is 555. The van der Waals surface area contributed by atoms with Crippen molar-refractivity contribution in [1.29, 1.82) is 0 Å². The second kappa shape index (κ2) is 7.28. The minimum absolute atomic E-state index is 0.0735. The summed E-state index contributed by atoms with van der Waals surface area (Å²) in [5.41, 5.74) is 0.446. The van der Waals surface area contributed by atoms with E-state index >= 15 is 0 Å². The molecule has 0 aliphatic carbocycles. The predicted octanol–water partition coefficient (Wildman–Crippen LogP) is 2.46. The van der Waals surface area contributed by atoms with Crippen LogP contribution in [0.15, 0.2) is 24.5 Å². The van der Waals surface area contributed by atoms with Crippen molar-refractivity contribution in [3.05, 3.63) is 30.1 Å². The van der Waals surface area contributed by atoms with Crippen LogP contribution in [0.4, 0.5) is 4.79 Å². The van der Waals surface area contributed by atoms with Gasteiger partial charge < -0.3 is 14.4 Å². The van der Waals surface area contributed by atoms with E-state index in [1.165, 1.54) is 0 Å². The summed E-state index contributed by atoms with van der Waals surface area (Å²) in [7, 11) is 0. The number of morpholine rings is 1. The molecule has 1 unspecified atom stereocenters. The lowest BCUT2D eigenvalue weighted by Crippen LogP contribution is -2.47. The third-order valence-corrected chi connectivity index (χ3v) is 3.03. The molecule has 1 aromatic rings. The van der Waals surface area contributed by atoms with Gasteiger partial charge in [-0.3, -0.25) is 4.98 Å². The third kappa shape index (κ3) is 5.38. The van der Waals surface area contributed by atoms with Crippen LogP contribution in [0.3, 0.4) is 0 Å². The van der Waals surface area contributed by atoms with Crippen molar-refractivity contribution in [2.45, 2.75) is 38.9 Å². The Balaban J connectivity index is 1.86. The first-order chi connectivity index (χ1) is 10.4. The molecule has 1 saturated heterocycles. The van der Waals surface area contributed by atoms with Crippen LogP contribution in [-0.2, 0) is 9.47 Å². The van der Waals surface area contributed by atoms with Crippen molar-refractivity contribution in [2.24, 2.45) is 0 Å². The van der Waals surface area contributed by atoms with Crippen LogP contribution in [0, 0.1) is 11.8 Å². The Labute approximate surface area is 131 Å². The normalized spacial score (nSPS) is 18.3. The van der Waals surface area contributed by atoms with Crippen molar-refractivity contribution in [2.75, 3.05) is 19.7 Å². The van der Waals surface area contributed by atoms with Gasteiger partial charge in [-0.15, -0.1) is 0 Å². The van der Waals surface area contributed by atoms with Crippen LogP contribution in [0.25, 0.3) is 0 Å². The third-order valence-electron chi connectivity index (χ3n) is 3.03. The molecule has 0 spiro atoms. The van der Waals surface area contributed by atoms with Gasteiger partial charge in [-0.2, -0.15) is 0 Å². The second-order valence-electron chi connectivity index (χ2n) is 6.16. The number of carbonyl (C=O) groups excluding carboxylic acids is 1. The highest BCUT2D eigenvalue weighted by Gasteiger charge is 2.27. The average Bonchev–Trinajstić information content (AvgIpc) is 2.47. The molecule has 1 fully saturated rings. The topological polar surface area (TPSA) is 51.7 Å². The van der Waals surface area contributed by atoms with Gasteiger partial charge >= 0.3 is 6.09 Å². The van der Waals surface area contributed by atoms with Gasteiger partial charge in [-0.05, 0) is 32.9 Å². The van der Waals surface area contributed by atoms with Crippen LogP contribution in [-0.4, -0.2) is 47.4 Å². The van der Waals surface area contributed by atoms with Crippen molar-refractivity contribution in [1.82, 2.24) is 9.88 Å². The van der Waals surface area contributed by atoms with E-state index in [1.54, 1.807) is 17.3 Å². The van der Waals surface area contributed by atoms with Gasteiger partial charge in [0.2, 0.25) is 0 Å². The molecule has 0 N–H and O–H groups in total.